The lowest BCUT2D eigenvalue weighted by atomic mass is 9.84. The Morgan fingerprint density at radius 3 is 2.18 bits per heavy atom. The van der Waals surface area contributed by atoms with Crippen molar-refractivity contribution >= 4 is 16.0 Å². The molecule has 0 radical (unpaired) electrons. The molecule has 0 aliphatic heterocycles. The van der Waals surface area contributed by atoms with E-state index < -0.39 is 32.9 Å². The van der Waals surface area contributed by atoms with Crippen LogP contribution in [0.2, 0.25) is 0 Å². The number of benzene rings is 1. The van der Waals surface area contributed by atoms with Crippen LogP contribution in [0.1, 0.15) is 46.6 Å². The fourth-order valence-electron chi connectivity index (χ4n) is 2.24. The summed E-state index contributed by atoms with van der Waals surface area (Å²) in [6, 6.07) is 6.03. The van der Waals surface area contributed by atoms with Crippen LogP contribution in [-0.4, -0.2) is 38.7 Å². The van der Waals surface area contributed by atoms with Gasteiger partial charge >= 0.3 is 5.97 Å². The van der Waals surface area contributed by atoms with Gasteiger partial charge in [-0.2, -0.15) is 0 Å². The molecule has 0 saturated heterocycles. The average Bonchev–Trinajstić information content (AvgIpc) is 2.58. The van der Waals surface area contributed by atoms with Gasteiger partial charge in [-0.3, -0.25) is 0 Å². The molecular formula is C21H33NO5S. The van der Waals surface area contributed by atoms with Crippen LogP contribution in [0.5, 0.6) is 0 Å². The molecule has 1 rings (SSSR count). The SMILES string of the molecule is C=C(CC(NS(=O)(=O)c1ccc(C)cc1)C(C)(C)C)C(=O)OCC(C)(C)CO. The molecular weight excluding hydrogens is 378 g/mol. The van der Waals surface area contributed by atoms with E-state index in [1.54, 1.807) is 38.1 Å². The number of carbonyl (C=O) groups is 1. The van der Waals surface area contributed by atoms with Crippen molar-refractivity contribution in [1.82, 2.24) is 4.72 Å². The quantitative estimate of drug-likeness (QED) is 0.481. The molecule has 7 heteroatoms. The summed E-state index contributed by atoms with van der Waals surface area (Å²) in [5.41, 5.74) is 0.145. The fraction of sp³-hybridized carbons (Fsp3) is 0.571. The van der Waals surface area contributed by atoms with E-state index >= 15 is 0 Å². The molecule has 0 aliphatic rings. The molecule has 158 valence electrons. The lowest BCUT2D eigenvalue weighted by Gasteiger charge is -2.31. The lowest BCUT2D eigenvalue weighted by Crippen LogP contribution is -2.44. The van der Waals surface area contributed by atoms with Crippen molar-refractivity contribution in [2.24, 2.45) is 10.8 Å². The number of rotatable bonds is 9. The van der Waals surface area contributed by atoms with Crippen LogP contribution >= 0.6 is 0 Å². The third-order valence-corrected chi connectivity index (χ3v) is 5.92. The standard InChI is InChI=1S/C21H33NO5S/c1-15-8-10-17(11-9-15)28(25,26)22-18(20(3,4)5)12-16(2)19(24)27-14-21(6,7)13-23/h8-11,18,22-23H,2,12-14H2,1,3-7H3. The van der Waals surface area contributed by atoms with Gasteiger partial charge in [-0.15, -0.1) is 0 Å². The number of ether oxygens (including phenoxy) is 1. The number of aliphatic hydroxyl groups excluding tert-OH is 1. The van der Waals surface area contributed by atoms with Gasteiger partial charge in [-0.1, -0.05) is 58.9 Å². The van der Waals surface area contributed by atoms with Crippen LogP contribution in [0.4, 0.5) is 0 Å². The van der Waals surface area contributed by atoms with Gasteiger partial charge in [0.1, 0.15) is 0 Å². The molecule has 0 heterocycles. The number of aryl methyl sites for hydroxylation is 1. The Labute approximate surface area is 169 Å². The predicted molar refractivity (Wildman–Crippen MR) is 110 cm³/mol. The molecule has 1 aromatic carbocycles. The van der Waals surface area contributed by atoms with E-state index in [2.05, 4.69) is 11.3 Å². The lowest BCUT2D eigenvalue weighted by molar-refractivity contribution is -0.143. The summed E-state index contributed by atoms with van der Waals surface area (Å²) in [5, 5.41) is 9.26. The first-order valence-electron chi connectivity index (χ1n) is 9.23. The maximum Gasteiger partial charge on any atom is 0.333 e. The third-order valence-electron chi connectivity index (χ3n) is 4.44. The highest BCUT2D eigenvalue weighted by Crippen LogP contribution is 2.27. The van der Waals surface area contributed by atoms with Crippen LogP contribution in [0, 0.1) is 17.8 Å². The molecule has 6 nitrogen and oxygen atoms in total. The molecule has 0 saturated carbocycles. The van der Waals surface area contributed by atoms with E-state index in [1.807, 2.05) is 27.7 Å². The third kappa shape index (κ3) is 7.37. The van der Waals surface area contributed by atoms with Gasteiger partial charge in [0, 0.05) is 17.0 Å². The van der Waals surface area contributed by atoms with E-state index in [1.165, 1.54) is 0 Å². The second-order valence-corrected chi connectivity index (χ2v) is 10.8. The number of carbonyl (C=O) groups excluding carboxylic acids is 1. The first-order valence-corrected chi connectivity index (χ1v) is 10.7. The molecule has 0 bridgehead atoms. The second-order valence-electron chi connectivity index (χ2n) is 9.06. The van der Waals surface area contributed by atoms with Crippen molar-refractivity contribution in [1.29, 1.82) is 0 Å². The zero-order valence-electron chi connectivity index (χ0n) is 17.7. The molecule has 0 amide bonds. The molecule has 0 aromatic heterocycles. The van der Waals surface area contributed by atoms with Crippen LogP contribution in [0.3, 0.4) is 0 Å². The van der Waals surface area contributed by atoms with Crippen molar-refractivity contribution in [2.75, 3.05) is 13.2 Å². The van der Waals surface area contributed by atoms with E-state index in [0.29, 0.717) is 0 Å². The zero-order chi connectivity index (χ0) is 21.8. The summed E-state index contributed by atoms with van der Waals surface area (Å²) in [6.07, 6.45) is 0.118. The molecule has 0 aliphatic carbocycles. The van der Waals surface area contributed by atoms with E-state index in [9.17, 15) is 18.3 Å². The molecule has 0 spiro atoms. The Hall–Kier alpha value is -1.70. The first kappa shape index (κ1) is 24.3. The molecule has 1 atom stereocenters. The summed E-state index contributed by atoms with van der Waals surface area (Å²) >= 11 is 0. The molecule has 28 heavy (non-hydrogen) atoms. The maximum absolute atomic E-state index is 12.8. The summed E-state index contributed by atoms with van der Waals surface area (Å²) < 4.78 is 33.5. The van der Waals surface area contributed by atoms with Gasteiger partial charge in [0.25, 0.3) is 0 Å². The van der Waals surface area contributed by atoms with E-state index in [4.69, 9.17) is 4.74 Å². The highest BCUT2D eigenvalue weighted by Gasteiger charge is 2.32. The maximum atomic E-state index is 12.8. The van der Waals surface area contributed by atoms with Gasteiger partial charge in [0.15, 0.2) is 0 Å². The summed E-state index contributed by atoms with van der Waals surface area (Å²) in [7, 11) is -3.75. The largest absolute Gasteiger partial charge is 0.462 e. The summed E-state index contributed by atoms with van der Waals surface area (Å²) in [4.78, 5) is 12.4. The van der Waals surface area contributed by atoms with E-state index in [-0.39, 0.29) is 30.1 Å². The van der Waals surface area contributed by atoms with Gasteiger partial charge < -0.3 is 9.84 Å². The minimum absolute atomic E-state index is 0.0522. The fourth-order valence-corrected chi connectivity index (χ4v) is 3.68. The highest BCUT2D eigenvalue weighted by atomic mass is 32.2. The Kier molecular flexibility index (Phi) is 8.00. The normalized spacial score (nSPS) is 13.8. The van der Waals surface area contributed by atoms with Crippen molar-refractivity contribution in [3.05, 3.63) is 42.0 Å². The van der Waals surface area contributed by atoms with Crippen LogP contribution in [0.25, 0.3) is 0 Å². The van der Waals surface area contributed by atoms with Crippen molar-refractivity contribution in [3.8, 4) is 0 Å². The van der Waals surface area contributed by atoms with Gasteiger partial charge in [0.2, 0.25) is 10.0 Å². The first-order chi connectivity index (χ1) is 12.7. The number of esters is 1. The Balaban J connectivity index is 2.90. The Morgan fingerprint density at radius 2 is 1.71 bits per heavy atom. The minimum Gasteiger partial charge on any atom is -0.462 e. The van der Waals surface area contributed by atoms with Gasteiger partial charge in [0.05, 0.1) is 18.1 Å². The number of hydrogen-bond donors (Lipinski definition) is 2. The zero-order valence-corrected chi connectivity index (χ0v) is 18.5. The number of hydrogen-bond acceptors (Lipinski definition) is 5. The monoisotopic (exact) mass is 411 g/mol. The summed E-state index contributed by atoms with van der Waals surface area (Å²) in [6.45, 7) is 14.8. The highest BCUT2D eigenvalue weighted by molar-refractivity contribution is 7.89. The molecule has 2 N–H and O–H groups in total. The summed E-state index contributed by atoms with van der Waals surface area (Å²) in [5.74, 6) is -0.592. The van der Waals surface area contributed by atoms with Gasteiger partial charge in [-0.05, 0) is 30.9 Å². The van der Waals surface area contributed by atoms with Crippen LogP contribution < -0.4 is 4.72 Å². The Morgan fingerprint density at radius 1 is 1.18 bits per heavy atom. The topological polar surface area (TPSA) is 92.7 Å². The second kappa shape index (κ2) is 9.20. The smallest absolute Gasteiger partial charge is 0.333 e. The van der Waals surface area contributed by atoms with Crippen molar-refractivity contribution < 1.29 is 23.1 Å². The predicted octanol–water partition coefficient (Wildman–Crippen LogP) is 3.20. The number of nitrogens with one attached hydrogen (secondary N) is 1. The van der Waals surface area contributed by atoms with E-state index in [0.717, 1.165) is 5.56 Å². The number of sulfonamides is 1. The molecule has 1 unspecified atom stereocenters. The average molecular weight is 412 g/mol. The van der Waals surface area contributed by atoms with Crippen molar-refractivity contribution in [2.45, 2.75) is 58.9 Å². The van der Waals surface area contributed by atoms with Crippen LogP contribution in [-0.2, 0) is 19.6 Å². The molecule has 0 fully saturated rings. The Bertz CT molecular complexity index is 789. The minimum atomic E-state index is -3.75. The molecule has 1 aromatic rings. The van der Waals surface area contributed by atoms with Crippen molar-refractivity contribution in [3.63, 3.8) is 0 Å². The number of aliphatic hydroxyl groups is 1. The van der Waals surface area contributed by atoms with Crippen LogP contribution in [0.15, 0.2) is 41.3 Å². The van der Waals surface area contributed by atoms with Gasteiger partial charge in [-0.25, -0.2) is 17.9 Å².